The van der Waals surface area contributed by atoms with Gasteiger partial charge in [-0.25, -0.2) is 0 Å². The summed E-state index contributed by atoms with van der Waals surface area (Å²) in [5.74, 6) is -2.43. The molecular formula is C23H24N2O4S. The Labute approximate surface area is 179 Å². The third-order valence-electron chi connectivity index (χ3n) is 4.98. The van der Waals surface area contributed by atoms with Crippen molar-refractivity contribution in [2.45, 2.75) is 24.7 Å². The van der Waals surface area contributed by atoms with Gasteiger partial charge in [-0.15, -0.1) is 11.8 Å². The highest BCUT2D eigenvalue weighted by Gasteiger charge is 2.33. The SMILES string of the molecule is Cc1ccccc1NC(=O)CSc1cccc(NC(=O)C2CC=CCC2C(=O)O)c1. The monoisotopic (exact) mass is 424 g/mol. The topological polar surface area (TPSA) is 95.5 Å². The van der Waals surface area contributed by atoms with Crippen molar-refractivity contribution in [1.82, 2.24) is 0 Å². The molecule has 0 aliphatic heterocycles. The molecule has 1 aliphatic carbocycles. The molecule has 1 aliphatic rings. The molecule has 0 aromatic heterocycles. The summed E-state index contributed by atoms with van der Waals surface area (Å²) >= 11 is 1.37. The second-order valence-electron chi connectivity index (χ2n) is 7.16. The minimum absolute atomic E-state index is 0.109. The molecule has 0 heterocycles. The first-order valence-electron chi connectivity index (χ1n) is 9.71. The summed E-state index contributed by atoms with van der Waals surface area (Å²) in [6.07, 6.45) is 4.43. The molecular weight excluding hydrogens is 400 g/mol. The van der Waals surface area contributed by atoms with Gasteiger partial charge in [0, 0.05) is 16.3 Å². The highest BCUT2D eigenvalue weighted by atomic mass is 32.2. The molecule has 6 nitrogen and oxygen atoms in total. The van der Waals surface area contributed by atoms with E-state index >= 15 is 0 Å². The second kappa shape index (κ2) is 10.1. The van der Waals surface area contributed by atoms with Crippen molar-refractivity contribution in [1.29, 1.82) is 0 Å². The van der Waals surface area contributed by atoms with Crippen LogP contribution in [0.25, 0.3) is 0 Å². The Balaban J connectivity index is 1.57. The van der Waals surface area contributed by atoms with Crippen LogP contribution in [0.5, 0.6) is 0 Å². The van der Waals surface area contributed by atoms with Crippen molar-refractivity contribution in [3.8, 4) is 0 Å². The van der Waals surface area contributed by atoms with Crippen molar-refractivity contribution in [2.24, 2.45) is 11.8 Å². The molecule has 0 saturated heterocycles. The summed E-state index contributed by atoms with van der Waals surface area (Å²) in [6, 6.07) is 14.8. The van der Waals surface area contributed by atoms with Crippen LogP contribution in [0.2, 0.25) is 0 Å². The number of carboxylic acids is 1. The molecule has 3 N–H and O–H groups in total. The fraction of sp³-hybridized carbons (Fsp3) is 0.261. The average molecular weight is 425 g/mol. The van der Waals surface area contributed by atoms with Crippen LogP contribution in [0.1, 0.15) is 18.4 Å². The Morgan fingerprint density at radius 3 is 2.47 bits per heavy atom. The van der Waals surface area contributed by atoms with Gasteiger partial charge in [-0.1, -0.05) is 36.4 Å². The molecule has 7 heteroatoms. The fourth-order valence-corrected chi connectivity index (χ4v) is 4.08. The number of rotatable bonds is 7. The zero-order chi connectivity index (χ0) is 21.5. The van der Waals surface area contributed by atoms with Crippen molar-refractivity contribution in [2.75, 3.05) is 16.4 Å². The molecule has 0 spiro atoms. The lowest BCUT2D eigenvalue weighted by molar-refractivity contribution is -0.146. The Morgan fingerprint density at radius 2 is 1.73 bits per heavy atom. The van der Waals surface area contributed by atoms with E-state index in [0.717, 1.165) is 16.1 Å². The molecule has 0 saturated carbocycles. The quantitative estimate of drug-likeness (QED) is 0.454. The maximum absolute atomic E-state index is 12.6. The van der Waals surface area contributed by atoms with Crippen molar-refractivity contribution < 1.29 is 19.5 Å². The van der Waals surface area contributed by atoms with Gasteiger partial charge in [-0.05, 0) is 49.6 Å². The van der Waals surface area contributed by atoms with Crippen molar-refractivity contribution in [3.63, 3.8) is 0 Å². The molecule has 0 bridgehead atoms. The first-order chi connectivity index (χ1) is 14.4. The first-order valence-corrected chi connectivity index (χ1v) is 10.7. The van der Waals surface area contributed by atoms with Crippen LogP contribution in [-0.4, -0.2) is 28.6 Å². The summed E-state index contributed by atoms with van der Waals surface area (Å²) in [6.45, 7) is 1.94. The number of carbonyl (C=O) groups excluding carboxylic acids is 2. The lowest BCUT2D eigenvalue weighted by Crippen LogP contribution is -2.34. The summed E-state index contributed by atoms with van der Waals surface area (Å²) in [4.78, 5) is 37.1. The largest absolute Gasteiger partial charge is 0.481 e. The highest BCUT2D eigenvalue weighted by Crippen LogP contribution is 2.28. The third-order valence-corrected chi connectivity index (χ3v) is 5.97. The summed E-state index contributed by atoms with van der Waals surface area (Å²) in [5, 5.41) is 15.1. The van der Waals surface area contributed by atoms with Crippen LogP contribution in [0, 0.1) is 18.8 Å². The van der Waals surface area contributed by atoms with Crippen LogP contribution >= 0.6 is 11.8 Å². The van der Waals surface area contributed by atoms with Gasteiger partial charge in [-0.3, -0.25) is 14.4 Å². The van der Waals surface area contributed by atoms with Gasteiger partial charge in [0.15, 0.2) is 0 Å². The minimum Gasteiger partial charge on any atom is -0.481 e. The molecule has 2 aromatic carbocycles. The summed E-state index contributed by atoms with van der Waals surface area (Å²) in [7, 11) is 0. The number of aryl methyl sites for hydroxylation is 1. The molecule has 30 heavy (non-hydrogen) atoms. The standard InChI is InChI=1S/C23H24N2O4S/c1-15-7-2-5-12-20(15)25-21(26)14-30-17-9-6-8-16(13-17)24-22(27)18-10-3-4-11-19(18)23(28)29/h2-9,12-13,18-19H,10-11,14H2,1H3,(H,24,27)(H,25,26)(H,28,29). The maximum atomic E-state index is 12.6. The van der Waals surface area contributed by atoms with E-state index in [2.05, 4.69) is 10.6 Å². The van der Waals surface area contributed by atoms with E-state index in [1.54, 1.807) is 18.2 Å². The van der Waals surface area contributed by atoms with E-state index < -0.39 is 17.8 Å². The molecule has 2 unspecified atom stereocenters. The molecule has 2 aromatic rings. The van der Waals surface area contributed by atoms with Crippen molar-refractivity contribution in [3.05, 3.63) is 66.2 Å². The van der Waals surface area contributed by atoms with Gasteiger partial charge < -0.3 is 15.7 Å². The Bertz CT molecular complexity index is 973. The Hall–Kier alpha value is -3.06. The van der Waals surface area contributed by atoms with Gasteiger partial charge in [0.1, 0.15) is 0 Å². The number of aliphatic carboxylic acids is 1. The van der Waals surface area contributed by atoms with E-state index in [1.165, 1.54) is 11.8 Å². The zero-order valence-electron chi connectivity index (χ0n) is 16.6. The fourth-order valence-electron chi connectivity index (χ4n) is 3.32. The summed E-state index contributed by atoms with van der Waals surface area (Å²) < 4.78 is 0. The predicted molar refractivity (Wildman–Crippen MR) is 119 cm³/mol. The molecule has 3 rings (SSSR count). The molecule has 0 radical (unpaired) electrons. The van der Waals surface area contributed by atoms with Crippen LogP contribution in [-0.2, 0) is 14.4 Å². The van der Waals surface area contributed by atoms with Gasteiger partial charge >= 0.3 is 5.97 Å². The van der Waals surface area contributed by atoms with Crippen LogP contribution in [0.3, 0.4) is 0 Å². The van der Waals surface area contributed by atoms with Crippen molar-refractivity contribution >= 4 is 40.9 Å². The number of allylic oxidation sites excluding steroid dienone is 2. The number of hydrogen-bond donors (Lipinski definition) is 3. The van der Waals surface area contributed by atoms with E-state index in [0.29, 0.717) is 18.5 Å². The zero-order valence-corrected chi connectivity index (χ0v) is 17.4. The number of para-hydroxylation sites is 1. The lowest BCUT2D eigenvalue weighted by Gasteiger charge is -2.24. The normalized spacial score (nSPS) is 17.9. The van der Waals surface area contributed by atoms with E-state index in [1.807, 2.05) is 49.4 Å². The number of carboxylic acid groups (broad SMARTS) is 1. The lowest BCUT2D eigenvalue weighted by atomic mass is 9.82. The first kappa shape index (κ1) is 21.6. The van der Waals surface area contributed by atoms with Gasteiger partial charge in [0.2, 0.25) is 11.8 Å². The van der Waals surface area contributed by atoms with E-state index in [9.17, 15) is 19.5 Å². The van der Waals surface area contributed by atoms with Crippen LogP contribution in [0.4, 0.5) is 11.4 Å². The number of benzene rings is 2. The maximum Gasteiger partial charge on any atom is 0.307 e. The smallest absolute Gasteiger partial charge is 0.307 e. The third kappa shape index (κ3) is 5.73. The Kier molecular flexibility index (Phi) is 7.30. The number of anilines is 2. The number of hydrogen-bond acceptors (Lipinski definition) is 4. The van der Waals surface area contributed by atoms with E-state index in [-0.39, 0.29) is 17.6 Å². The molecule has 2 amide bonds. The number of amides is 2. The van der Waals surface area contributed by atoms with Gasteiger partial charge in [0.05, 0.1) is 17.6 Å². The number of nitrogens with one attached hydrogen (secondary N) is 2. The van der Waals surface area contributed by atoms with E-state index in [4.69, 9.17) is 0 Å². The Morgan fingerprint density at radius 1 is 1.00 bits per heavy atom. The van der Waals surface area contributed by atoms with Crippen LogP contribution in [0.15, 0.2) is 65.6 Å². The number of carbonyl (C=O) groups is 3. The van der Waals surface area contributed by atoms with Gasteiger partial charge in [-0.2, -0.15) is 0 Å². The number of thioether (sulfide) groups is 1. The molecule has 156 valence electrons. The second-order valence-corrected chi connectivity index (χ2v) is 8.21. The predicted octanol–water partition coefficient (Wildman–Crippen LogP) is 4.33. The average Bonchev–Trinajstić information content (AvgIpc) is 2.74. The minimum atomic E-state index is -0.955. The summed E-state index contributed by atoms with van der Waals surface area (Å²) in [5.41, 5.74) is 2.37. The van der Waals surface area contributed by atoms with Crippen LogP contribution < -0.4 is 10.6 Å². The molecule has 0 fully saturated rings. The van der Waals surface area contributed by atoms with Gasteiger partial charge in [0.25, 0.3) is 0 Å². The molecule has 2 atom stereocenters. The highest BCUT2D eigenvalue weighted by molar-refractivity contribution is 8.00.